The van der Waals surface area contributed by atoms with E-state index in [2.05, 4.69) is 10.2 Å². The zero-order valence-corrected chi connectivity index (χ0v) is 13.4. The Morgan fingerprint density at radius 3 is 2.58 bits per heavy atom. The van der Waals surface area contributed by atoms with Gasteiger partial charge in [0.25, 0.3) is 5.91 Å². The standard InChI is InChI=1S/C18H19N3O3/c1-20-18(23)16-11-21(14-4-2-3-5-15(14)24-16)10-12-6-8-13(9-7-12)17(19)22/h2-9,16H,10-11H2,1H3,(H2,19,22)(H,20,23)/t16-/m1/s1. The number of nitrogens with zero attached hydrogens (tertiary/aromatic N) is 1. The molecule has 124 valence electrons. The van der Waals surface area contributed by atoms with Crippen molar-refractivity contribution in [3.63, 3.8) is 0 Å². The number of nitrogens with one attached hydrogen (secondary N) is 1. The van der Waals surface area contributed by atoms with E-state index in [1.807, 2.05) is 36.4 Å². The van der Waals surface area contributed by atoms with Crippen LogP contribution >= 0.6 is 0 Å². The fourth-order valence-corrected chi connectivity index (χ4v) is 2.75. The van der Waals surface area contributed by atoms with Gasteiger partial charge in [0, 0.05) is 19.2 Å². The van der Waals surface area contributed by atoms with Crippen LogP contribution in [0.1, 0.15) is 15.9 Å². The van der Waals surface area contributed by atoms with Gasteiger partial charge >= 0.3 is 0 Å². The molecule has 0 saturated heterocycles. The van der Waals surface area contributed by atoms with Gasteiger partial charge in [0.15, 0.2) is 6.10 Å². The summed E-state index contributed by atoms with van der Waals surface area (Å²) in [6.45, 7) is 1.06. The number of carbonyl (C=O) groups excluding carboxylic acids is 2. The molecule has 2 aromatic carbocycles. The van der Waals surface area contributed by atoms with E-state index < -0.39 is 12.0 Å². The van der Waals surface area contributed by atoms with E-state index in [9.17, 15) is 9.59 Å². The highest BCUT2D eigenvalue weighted by atomic mass is 16.5. The van der Waals surface area contributed by atoms with Crippen molar-refractivity contribution in [2.24, 2.45) is 5.73 Å². The number of anilines is 1. The molecule has 2 aromatic rings. The molecule has 0 bridgehead atoms. The fraction of sp³-hybridized carbons (Fsp3) is 0.222. The zero-order valence-electron chi connectivity index (χ0n) is 13.4. The predicted molar refractivity (Wildman–Crippen MR) is 90.9 cm³/mol. The Kier molecular flexibility index (Phi) is 4.37. The van der Waals surface area contributed by atoms with Crippen molar-refractivity contribution >= 4 is 17.5 Å². The van der Waals surface area contributed by atoms with Crippen molar-refractivity contribution in [1.29, 1.82) is 0 Å². The number of para-hydroxylation sites is 2. The second-order valence-electron chi connectivity index (χ2n) is 5.63. The first kappa shape index (κ1) is 15.9. The summed E-state index contributed by atoms with van der Waals surface area (Å²) >= 11 is 0. The Balaban J connectivity index is 1.85. The maximum atomic E-state index is 12.0. The summed E-state index contributed by atoms with van der Waals surface area (Å²) in [4.78, 5) is 25.2. The van der Waals surface area contributed by atoms with Gasteiger partial charge in [-0.1, -0.05) is 24.3 Å². The minimum Gasteiger partial charge on any atom is -0.477 e. The minimum atomic E-state index is -0.560. The minimum absolute atomic E-state index is 0.154. The van der Waals surface area contributed by atoms with E-state index in [-0.39, 0.29) is 5.91 Å². The van der Waals surface area contributed by atoms with E-state index in [0.717, 1.165) is 11.3 Å². The second-order valence-corrected chi connectivity index (χ2v) is 5.63. The summed E-state index contributed by atoms with van der Waals surface area (Å²) in [5, 5.41) is 2.63. The molecule has 0 spiro atoms. The Hall–Kier alpha value is -3.02. The molecule has 1 heterocycles. The molecule has 3 N–H and O–H groups in total. The Morgan fingerprint density at radius 2 is 1.92 bits per heavy atom. The Bertz CT molecular complexity index is 758. The number of hydrogen-bond acceptors (Lipinski definition) is 4. The average Bonchev–Trinajstić information content (AvgIpc) is 2.61. The third-order valence-corrected chi connectivity index (χ3v) is 4.01. The monoisotopic (exact) mass is 325 g/mol. The maximum Gasteiger partial charge on any atom is 0.262 e. The molecular weight excluding hydrogens is 306 g/mol. The summed E-state index contributed by atoms with van der Waals surface area (Å²) in [6, 6.07) is 14.8. The van der Waals surface area contributed by atoms with Gasteiger partial charge in [-0.3, -0.25) is 9.59 Å². The molecule has 2 amide bonds. The number of ether oxygens (including phenoxy) is 1. The summed E-state index contributed by atoms with van der Waals surface area (Å²) in [7, 11) is 1.60. The summed E-state index contributed by atoms with van der Waals surface area (Å²) < 4.78 is 5.79. The molecule has 0 fully saturated rings. The van der Waals surface area contributed by atoms with Gasteiger partial charge in [0.1, 0.15) is 5.75 Å². The first-order valence-electron chi connectivity index (χ1n) is 7.69. The van der Waals surface area contributed by atoms with Crippen molar-refractivity contribution in [3.05, 3.63) is 59.7 Å². The summed E-state index contributed by atoms with van der Waals surface area (Å²) in [5.74, 6) is 0.0858. The van der Waals surface area contributed by atoms with Gasteiger partial charge in [-0.25, -0.2) is 0 Å². The smallest absolute Gasteiger partial charge is 0.262 e. The van der Waals surface area contributed by atoms with Gasteiger partial charge in [0.05, 0.1) is 12.2 Å². The van der Waals surface area contributed by atoms with Gasteiger partial charge in [-0.05, 0) is 29.8 Å². The van der Waals surface area contributed by atoms with E-state index in [4.69, 9.17) is 10.5 Å². The van der Waals surface area contributed by atoms with Crippen LogP contribution in [0.25, 0.3) is 0 Å². The number of amides is 2. The van der Waals surface area contributed by atoms with Gasteiger partial charge in [-0.15, -0.1) is 0 Å². The van der Waals surface area contributed by atoms with Crippen LogP contribution in [0.4, 0.5) is 5.69 Å². The van der Waals surface area contributed by atoms with Crippen LogP contribution in [0.2, 0.25) is 0 Å². The van der Waals surface area contributed by atoms with Crippen LogP contribution in [0.3, 0.4) is 0 Å². The molecule has 6 nitrogen and oxygen atoms in total. The Labute approximate surface area is 140 Å². The fourth-order valence-electron chi connectivity index (χ4n) is 2.75. The van der Waals surface area contributed by atoms with Gasteiger partial charge in [0.2, 0.25) is 5.91 Å². The second kappa shape index (κ2) is 6.62. The van der Waals surface area contributed by atoms with Crippen molar-refractivity contribution in [2.75, 3.05) is 18.5 Å². The van der Waals surface area contributed by atoms with E-state index in [1.165, 1.54) is 0 Å². The number of rotatable bonds is 4. The highest BCUT2D eigenvalue weighted by molar-refractivity contribution is 5.92. The van der Waals surface area contributed by atoms with Crippen molar-refractivity contribution < 1.29 is 14.3 Å². The number of carbonyl (C=O) groups is 2. The molecule has 0 aromatic heterocycles. The molecule has 6 heteroatoms. The van der Waals surface area contributed by atoms with Crippen LogP contribution in [0.15, 0.2) is 48.5 Å². The molecule has 0 saturated carbocycles. The molecule has 0 radical (unpaired) electrons. The number of fused-ring (bicyclic) bond motifs is 1. The summed E-state index contributed by atoms with van der Waals surface area (Å²) in [6.07, 6.45) is -0.560. The van der Waals surface area contributed by atoms with Crippen molar-refractivity contribution in [2.45, 2.75) is 12.6 Å². The third kappa shape index (κ3) is 3.17. The topological polar surface area (TPSA) is 84.7 Å². The molecule has 3 rings (SSSR count). The largest absolute Gasteiger partial charge is 0.477 e. The third-order valence-electron chi connectivity index (χ3n) is 4.01. The molecule has 1 aliphatic rings. The van der Waals surface area contributed by atoms with E-state index in [1.54, 1.807) is 19.2 Å². The lowest BCUT2D eigenvalue weighted by atomic mass is 10.1. The predicted octanol–water partition coefficient (Wildman–Crippen LogP) is 1.30. The molecular formula is C18H19N3O3. The number of likely N-dealkylation sites (N-methyl/N-ethyl adjacent to an activating group) is 1. The molecule has 0 aliphatic carbocycles. The van der Waals surface area contributed by atoms with Crippen LogP contribution < -0.4 is 20.7 Å². The average molecular weight is 325 g/mol. The maximum absolute atomic E-state index is 12.0. The van der Waals surface area contributed by atoms with E-state index >= 15 is 0 Å². The summed E-state index contributed by atoms with van der Waals surface area (Å²) in [5.41, 5.74) is 7.71. The number of benzene rings is 2. The van der Waals surface area contributed by atoms with Crippen LogP contribution in [0.5, 0.6) is 5.75 Å². The first-order chi connectivity index (χ1) is 11.6. The highest BCUT2D eigenvalue weighted by Crippen LogP contribution is 2.34. The Morgan fingerprint density at radius 1 is 1.21 bits per heavy atom. The van der Waals surface area contributed by atoms with Crippen LogP contribution in [-0.4, -0.2) is 31.5 Å². The lowest BCUT2D eigenvalue weighted by Crippen LogP contribution is -2.47. The number of hydrogen-bond donors (Lipinski definition) is 2. The molecule has 0 unspecified atom stereocenters. The van der Waals surface area contributed by atoms with Crippen molar-refractivity contribution in [1.82, 2.24) is 5.32 Å². The molecule has 24 heavy (non-hydrogen) atoms. The first-order valence-corrected chi connectivity index (χ1v) is 7.69. The van der Waals surface area contributed by atoms with E-state index in [0.29, 0.717) is 24.4 Å². The van der Waals surface area contributed by atoms with Gasteiger partial charge < -0.3 is 20.7 Å². The quantitative estimate of drug-likeness (QED) is 0.887. The zero-order chi connectivity index (χ0) is 17.1. The highest BCUT2D eigenvalue weighted by Gasteiger charge is 2.29. The lowest BCUT2D eigenvalue weighted by molar-refractivity contribution is -0.127. The number of primary amides is 1. The van der Waals surface area contributed by atoms with Crippen LogP contribution in [0, 0.1) is 0 Å². The molecule has 1 atom stereocenters. The SMILES string of the molecule is CNC(=O)[C@H]1CN(Cc2ccc(C(N)=O)cc2)c2ccccc2O1. The van der Waals surface area contributed by atoms with Crippen LogP contribution in [-0.2, 0) is 11.3 Å². The number of nitrogens with two attached hydrogens (primary N) is 1. The molecule has 1 aliphatic heterocycles. The lowest BCUT2D eigenvalue weighted by Gasteiger charge is -2.35. The van der Waals surface area contributed by atoms with Crippen molar-refractivity contribution in [3.8, 4) is 5.75 Å². The normalized spacial score (nSPS) is 16.0. The van der Waals surface area contributed by atoms with Gasteiger partial charge in [-0.2, -0.15) is 0 Å².